The second kappa shape index (κ2) is 7.87. The molecule has 2 aromatic rings. The first-order valence-electron chi connectivity index (χ1n) is 8.91. The summed E-state index contributed by atoms with van der Waals surface area (Å²) in [5, 5.41) is 4.03. The Morgan fingerprint density at radius 1 is 1.19 bits per heavy atom. The number of rotatable bonds is 6. The monoisotopic (exact) mass is 375 g/mol. The van der Waals surface area contributed by atoms with Crippen LogP contribution in [0.1, 0.15) is 38.0 Å². The van der Waals surface area contributed by atoms with Crippen LogP contribution in [0.25, 0.3) is 0 Å². The van der Waals surface area contributed by atoms with E-state index in [1.165, 1.54) is 0 Å². The molecule has 0 amide bonds. The first-order chi connectivity index (χ1) is 12.5. The van der Waals surface area contributed by atoms with Crippen molar-refractivity contribution in [2.45, 2.75) is 45.2 Å². The van der Waals surface area contributed by atoms with E-state index in [1.54, 1.807) is 7.11 Å². The molecule has 0 saturated heterocycles. The van der Waals surface area contributed by atoms with Crippen molar-refractivity contribution < 1.29 is 14.2 Å². The average Bonchev–Trinajstić information content (AvgIpc) is 2.61. The topological polar surface area (TPSA) is 39.7 Å². The van der Waals surface area contributed by atoms with Crippen LogP contribution in [0.4, 0.5) is 5.69 Å². The number of halogens is 1. The maximum Gasteiger partial charge on any atom is 0.132 e. The highest BCUT2D eigenvalue weighted by molar-refractivity contribution is 6.31. The Bertz CT molecular complexity index is 763. The average molecular weight is 376 g/mol. The zero-order valence-corrected chi connectivity index (χ0v) is 16.5. The molecule has 140 valence electrons. The van der Waals surface area contributed by atoms with Crippen molar-refractivity contribution in [3.63, 3.8) is 0 Å². The number of fused-ring (bicyclic) bond motifs is 1. The molecule has 26 heavy (non-hydrogen) atoms. The van der Waals surface area contributed by atoms with E-state index in [0.29, 0.717) is 11.6 Å². The van der Waals surface area contributed by atoms with Gasteiger partial charge in [-0.3, -0.25) is 0 Å². The Balaban J connectivity index is 1.88. The normalized spacial score (nSPS) is 21.0. The van der Waals surface area contributed by atoms with Crippen molar-refractivity contribution in [3.8, 4) is 5.75 Å². The summed E-state index contributed by atoms with van der Waals surface area (Å²) < 4.78 is 18.4. The van der Waals surface area contributed by atoms with Gasteiger partial charge in [0, 0.05) is 29.9 Å². The van der Waals surface area contributed by atoms with Crippen molar-refractivity contribution in [3.05, 3.63) is 58.6 Å². The van der Waals surface area contributed by atoms with E-state index in [0.717, 1.165) is 29.1 Å². The second-order valence-corrected chi connectivity index (χ2v) is 7.37. The van der Waals surface area contributed by atoms with Crippen LogP contribution in [0.15, 0.2) is 42.5 Å². The molecule has 0 aromatic heterocycles. The first-order valence-corrected chi connectivity index (χ1v) is 9.28. The molecule has 0 spiro atoms. The standard InChI is InChI=1S/C21H26ClNO3/c1-5-23-15-10-11-18-16(12-15)19(24-4)20(21(2,3)26-18)25-13-14-8-6-7-9-17(14)22/h6-12,19-20,23H,5,13H2,1-4H3. The van der Waals surface area contributed by atoms with Gasteiger partial charge < -0.3 is 19.5 Å². The van der Waals surface area contributed by atoms with Crippen molar-refractivity contribution in [1.82, 2.24) is 0 Å². The highest BCUT2D eigenvalue weighted by atomic mass is 35.5. The number of hydrogen-bond donors (Lipinski definition) is 1. The molecule has 0 bridgehead atoms. The minimum atomic E-state index is -0.533. The van der Waals surface area contributed by atoms with E-state index in [4.69, 9.17) is 25.8 Å². The van der Waals surface area contributed by atoms with E-state index < -0.39 is 5.60 Å². The zero-order valence-electron chi connectivity index (χ0n) is 15.7. The molecule has 0 radical (unpaired) electrons. The van der Waals surface area contributed by atoms with Gasteiger partial charge in [0.15, 0.2) is 0 Å². The molecule has 0 saturated carbocycles. The minimum Gasteiger partial charge on any atom is -0.485 e. The smallest absolute Gasteiger partial charge is 0.132 e. The van der Waals surface area contributed by atoms with E-state index in [-0.39, 0.29) is 12.2 Å². The number of benzene rings is 2. The van der Waals surface area contributed by atoms with Gasteiger partial charge in [0.05, 0.1) is 6.61 Å². The molecule has 0 aliphatic carbocycles. The van der Waals surface area contributed by atoms with Crippen LogP contribution >= 0.6 is 11.6 Å². The second-order valence-electron chi connectivity index (χ2n) is 6.97. The Morgan fingerprint density at radius 2 is 1.96 bits per heavy atom. The summed E-state index contributed by atoms with van der Waals surface area (Å²) in [7, 11) is 1.71. The van der Waals surface area contributed by atoms with Gasteiger partial charge in [0.25, 0.3) is 0 Å². The summed E-state index contributed by atoms with van der Waals surface area (Å²) in [4.78, 5) is 0. The van der Waals surface area contributed by atoms with Gasteiger partial charge in [-0.2, -0.15) is 0 Å². The summed E-state index contributed by atoms with van der Waals surface area (Å²) in [6.45, 7) is 7.38. The molecular weight excluding hydrogens is 350 g/mol. The number of nitrogens with one attached hydrogen (secondary N) is 1. The van der Waals surface area contributed by atoms with Crippen LogP contribution in [0, 0.1) is 0 Å². The number of methoxy groups -OCH3 is 1. The van der Waals surface area contributed by atoms with Crippen molar-refractivity contribution in [2.75, 3.05) is 19.0 Å². The Labute approximate surface area is 160 Å². The third kappa shape index (κ3) is 3.83. The molecule has 2 unspecified atom stereocenters. The maximum atomic E-state index is 6.27. The fraction of sp³-hybridized carbons (Fsp3) is 0.429. The first kappa shape index (κ1) is 19.0. The molecular formula is C21H26ClNO3. The minimum absolute atomic E-state index is 0.227. The van der Waals surface area contributed by atoms with Crippen LogP contribution in [0.5, 0.6) is 5.75 Å². The van der Waals surface area contributed by atoms with Gasteiger partial charge in [-0.1, -0.05) is 29.8 Å². The van der Waals surface area contributed by atoms with Gasteiger partial charge in [-0.25, -0.2) is 0 Å². The predicted octanol–water partition coefficient (Wildman–Crippen LogP) is 5.22. The summed E-state index contributed by atoms with van der Waals surface area (Å²) in [5.41, 5.74) is 2.46. The lowest BCUT2D eigenvalue weighted by atomic mass is 9.88. The van der Waals surface area contributed by atoms with Gasteiger partial charge >= 0.3 is 0 Å². The third-order valence-corrected chi connectivity index (χ3v) is 5.03. The lowest BCUT2D eigenvalue weighted by Gasteiger charge is -2.44. The molecule has 3 rings (SSSR count). The van der Waals surface area contributed by atoms with Gasteiger partial charge in [0.1, 0.15) is 23.6 Å². The molecule has 1 aliphatic heterocycles. The molecule has 2 atom stereocenters. The number of hydrogen-bond acceptors (Lipinski definition) is 4. The zero-order chi connectivity index (χ0) is 18.7. The van der Waals surface area contributed by atoms with E-state index in [2.05, 4.69) is 18.3 Å². The summed E-state index contributed by atoms with van der Waals surface area (Å²) in [6, 6.07) is 13.8. The molecule has 4 nitrogen and oxygen atoms in total. The van der Waals surface area contributed by atoms with Gasteiger partial charge in [0.2, 0.25) is 0 Å². The lowest BCUT2D eigenvalue weighted by molar-refractivity contribution is -0.159. The van der Waals surface area contributed by atoms with E-state index in [9.17, 15) is 0 Å². The molecule has 5 heteroatoms. The SMILES string of the molecule is CCNc1ccc2c(c1)C(OC)C(OCc1ccccc1Cl)C(C)(C)O2. The quantitative estimate of drug-likeness (QED) is 0.751. The highest BCUT2D eigenvalue weighted by Gasteiger charge is 2.45. The largest absolute Gasteiger partial charge is 0.485 e. The Morgan fingerprint density at radius 3 is 2.65 bits per heavy atom. The Kier molecular flexibility index (Phi) is 5.76. The molecule has 0 fully saturated rings. The Hall–Kier alpha value is -1.75. The highest BCUT2D eigenvalue weighted by Crippen LogP contribution is 2.44. The summed E-state index contributed by atoms with van der Waals surface area (Å²) >= 11 is 6.27. The summed E-state index contributed by atoms with van der Waals surface area (Å²) in [5.74, 6) is 0.834. The van der Waals surface area contributed by atoms with Gasteiger partial charge in [-0.15, -0.1) is 0 Å². The number of anilines is 1. The van der Waals surface area contributed by atoms with Crippen molar-refractivity contribution >= 4 is 17.3 Å². The third-order valence-electron chi connectivity index (χ3n) is 4.66. The molecule has 2 aromatic carbocycles. The van der Waals surface area contributed by atoms with Crippen LogP contribution in [-0.4, -0.2) is 25.4 Å². The fourth-order valence-corrected chi connectivity index (χ4v) is 3.57. The summed E-state index contributed by atoms with van der Waals surface area (Å²) in [6.07, 6.45) is -0.497. The molecule has 1 heterocycles. The van der Waals surface area contributed by atoms with Crippen LogP contribution in [0.2, 0.25) is 5.02 Å². The van der Waals surface area contributed by atoms with Crippen molar-refractivity contribution in [1.29, 1.82) is 0 Å². The lowest BCUT2D eigenvalue weighted by Crippen LogP contribution is -2.50. The molecule has 1 N–H and O–H groups in total. The van der Waals surface area contributed by atoms with E-state index >= 15 is 0 Å². The molecule has 1 aliphatic rings. The number of ether oxygens (including phenoxy) is 3. The van der Waals surface area contributed by atoms with Crippen molar-refractivity contribution in [2.24, 2.45) is 0 Å². The predicted molar refractivity (Wildman–Crippen MR) is 105 cm³/mol. The maximum absolute atomic E-state index is 6.27. The van der Waals surface area contributed by atoms with Crippen LogP contribution in [0.3, 0.4) is 0 Å². The van der Waals surface area contributed by atoms with Crippen LogP contribution in [-0.2, 0) is 16.1 Å². The van der Waals surface area contributed by atoms with Gasteiger partial charge in [-0.05, 0) is 50.6 Å². The van der Waals surface area contributed by atoms with E-state index in [1.807, 2.05) is 50.2 Å². The fourth-order valence-electron chi connectivity index (χ4n) is 3.38. The van der Waals surface area contributed by atoms with Crippen LogP contribution < -0.4 is 10.1 Å².